The van der Waals surface area contributed by atoms with E-state index in [4.69, 9.17) is 4.74 Å². The van der Waals surface area contributed by atoms with Crippen molar-refractivity contribution in [3.63, 3.8) is 0 Å². The highest BCUT2D eigenvalue weighted by Gasteiger charge is 2.13. The first-order valence-electron chi connectivity index (χ1n) is 4.53. The van der Waals surface area contributed by atoms with Gasteiger partial charge >= 0.3 is 5.97 Å². The van der Waals surface area contributed by atoms with Crippen LogP contribution < -0.4 is 0 Å². The van der Waals surface area contributed by atoms with Gasteiger partial charge in [-0.1, -0.05) is 6.07 Å². The SMILES string of the molecule is COC(=O)/C(=C/N(C)C)c1ccccn1. The van der Waals surface area contributed by atoms with Crippen LogP contribution in [0.5, 0.6) is 0 Å². The molecule has 0 aromatic carbocycles. The number of pyridine rings is 1. The Kier molecular flexibility index (Phi) is 3.85. The summed E-state index contributed by atoms with van der Waals surface area (Å²) in [6, 6.07) is 5.40. The maximum absolute atomic E-state index is 11.5. The summed E-state index contributed by atoms with van der Waals surface area (Å²) in [4.78, 5) is 17.4. The number of aromatic nitrogens is 1. The van der Waals surface area contributed by atoms with E-state index in [1.165, 1.54) is 7.11 Å². The molecular formula is C11H14N2O2. The fraction of sp³-hybridized carbons (Fsp3) is 0.273. The van der Waals surface area contributed by atoms with Gasteiger partial charge in [-0.15, -0.1) is 0 Å². The minimum atomic E-state index is -0.387. The highest BCUT2D eigenvalue weighted by atomic mass is 16.5. The number of rotatable bonds is 3. The first-order valence-corrected chi connectivity index (χ1v) is 4.53. The normalized spacial score (nSPS) is 11.0. The smallest absolute Gasteiger partial charge is 0.341 e. The number of carbonyl (C=O) groups excluding carboxylic acids is 1. The molecule has 80 valence electrons. The van der Waals surface area contributed by atoms with Crippen LogP contribution in [0.4, 0.5) is 0 Å². The monoisotopic (exact) mass is 206 g/mol. The Hall–Kier alpha value is -1.84. The van der Waals surface area contributed by atoms with E-state index in [0.717, 1.165) is 0 Å². The van der Waals surface area contributed by atoms with Gasteiger partial charge in [-0.3, -0.25) is 4.98 Å². The standard InChI is InChI=1S/C11H14N2O2/c1-13(2)8-9(11(14)15-3)10-6-4-5-7-12-10/h4-8H,1-3H3/b9-8+. The van der Waals surface area contributed by atoms with Crippen LogP contribution in [-0.4, -0.2) is 37.1 Å². The Labute approximate surface area is 89.2 Å². The fourth-order valence-corrected chi connectivity index (χ4v) is 1.11. The lowest BCUT2D eigenvalue weighted by atomic mass is 10.2. The molecule has 4 heteroatoms. The lowest BCUT2D eigenvalue weighted by molar-refractivity contribution is -0.133. The number of methoxy groups -OCH3 is 1. The number of hydrogen-bond acceptors (Lipinski definition) is 4. The summed E-state index contributed by atoms with van der Waals surface area (Å²) in [5.41, 5.74) is 1.06. The third kappa shape index (κ3) is 3.09. The van der Waals surface area contributed by atoms with Gasteiger partial charge in [0.2, 0.25) is 0 Å². The summed E-state index contributed by atoms with van der Waals surface area (Å²) in [5.74, 6) is -0.387. The molecular weight excluding hydrogens is 192 g/mol. The van der Waals surface area contributed by atoms with E-state index in [9.17, 15) is 4.79 Å². The van der Waals surface area contributed by atoms with Crippen molar-refractivity contribution >= 4 is 11.5 Å². The van der Waals surface area contributed by atoms with Crippen molar-refractivity contribution in [3.8, 4) is 0 Å². The minimum absolute atomic E-state index is 0.387. The van der Waals surface area contributed by atoms with Crippen molar-refractivity contribution in [2.75, 3.05) is 21.2 Å². The Morgan fingerprint density at radius 2 is 2.20 bits per heavy atom. The lowest BCUT2D eigenvalue weighted by Gasteiger charge is -2.09. The average molecular weight is 206 g/mol. The maximum atomic E-state index is 11.5. The lowest BCUT2D eigenvalue weighted by Crippen LogP contribution is -2.10. The van der Waals surface area contributed by atoms with Crippen LogP contribution in [0, 0.1) is 0 Å². The summed E-state index contributed by atoms with van der Waals surface area (Å²) in [6.45, 7) is 0. The predicted molar refractivity (Wildman–Crippen MR) is 57.9 cm³/mol. The van der Waals surface area contributed by atoms with E-state index in [0.29, 0.717) is 11.3 Å². The molecule has 0 saturated carbocycles. The van der Waals surface area contributed by atoms with Crippen molar-refractivity contribution in [2.24, 2.45) is 0 Å². The van der Waals surface area contributed by atoms with E-state index in [-0.39, 0.29) is 5.97 Å². The van der Waals surface area contributed by atoms with Gasteiger partial charge in [-0.05, 0) is 12.1 Å². The predicted octanol–water partition coefficient (Wildman–Crippen LogP) is 1.16. The van der Waals surface area contributed by atoms with E-state index >= 15 is 0 Å². The highest BCUT2D eigenvalue weighted by Crippen LogP contribution is 2.12. The van der Waals surface area contributed by atoms with E-state index in [1.807, 2.05) is 20.2 Å². The zero-order chi connectivity index (χ0) is 11.3. The molecule has 15 heavy (non-hydrogen) atoms. The van der Waals surface area contributed by atoms with Crippen LogP contribution >= 0.6 is 0 Å². The van der Waals surface area contributed by atoms with Crippen molar-refractivity contribution in [3.05, 3.63) is 36.3 Å². The number of esters is 1. The molecule has 0 saturated heterocycles. The molecule has 0 bridgehead atoms. The van der Waals surface area contributed by atoms with Gasteiger partial charge in [0.1, 0.15) is 5.57 Å². The molecule has 1 rings (SSSR count). The Bertz CT molecular complexity index is 358. The molecule has 0 amide bonds. The fourth-order valence-electron chi connectivity index (χ4n) is 1.11. The molecule has 0 N–H and O–H groups in total. The van der Waals surface area contributed by atoms with Gasteiger partial charge in [0, 0.05) is 26.5 Å². The Morgan fingerprint density at radius 3 is 2.67 bits per heavy atom. The van der Waals surface area contributed by atoms with Gasteiger partial charge in [0.25, 0.3) is 0 Å². The molecule has 0 aliphatic heterocycles. The number of hydrogen-bond donors (Lipinski definition) is 0. The Balaban J connectivity index is 3.08. The van der Waals surface area contributed by atoms with E-state index in [1.54, 1.807) is 29.4 Å². The second kappa shape index (κ2) is 5.14. The third-order valence-corrected chi connectivity index (χ3v) is 1.73. The number of nitrogens with zero attached hydrogens (tertiary/aromatic N) is 2. The van der Waals surface area contributed by atoms with Crippen molar-refractivity contribution in [1.29, 1.82) is 0 Å². The zero-order valence-corrected chi connectivity index (χ0v) is 9.10. The molecule has 4 nitrogen and oxygen atoms in total. The third-order valence-electron chi connectivity index (χ3n) is 1.73. The van der Waals surface area contributed by atoms with Crippen LogP contribution in [-0.2, 0) is 9.53 Å². The average Bonchev–Trinajstić information content (AvgIpc) is 2.26. The van der Waals surface area contributed by atoms with Gasteiger partial charge in [0.15, 0.2) is 0 Å². The summed E-state index contributed by atoms with van der Waals surface area (Å²) >= 11 is 0. The summed E-state index contributed by atoms with van der Waals surface area (Å²) < 4.78 is 4.69. The molecule has 1 aromatic rings. The van der Waals surface area contributed by atoms with Crippen molar-refractivity contribution in [1.82, 2.24) is 9.88 Å². The van der Waals surface area contributed by atoms with Gasteiger partial charge in [-0.25, -0.2) is 4.79 Å². The molecule has 0 spiro atoms. The second-order valence-corrected chi connectivity index (χ2v) is 3.21. The largest absolute Gasteiger partial charge is 0.465 e. The minimum Gasteiger partial charge on any atom is -0.465 e. The number of ether oxygens (including phenoxy) is 1. The summed E-state index contributed by atoms with van der Waals surface area (Å²) in [5, 5.41) is 0. The summed E-state index contributed by atoms with van der Waals surface area (Å²) in [7, 11) is 5.03. The quantitative estimate of drug-likeness (QED) is 0.549. The highest BCUT2D eigenvalue weighted by molar-refractivity contribution is 6.15. The summed E-state index contributed by atoms with van der Waals surface area (Å²) in [6.07, 6.45) is 3.33. The van der Waals surface area contributed by atoms with Gasteiger partial charge < -0.3 is 9.64 Å². The van der Waals surface area contributed by atoms with Crippen molar-refractivity contribution in [2.45, 2.75) is 0 Å². The maximum Gasteiger partial charge on any atom is 0.341 e. The van der Waals surface area contributed by atoms with E-state index in [2.05, 4.69) is 4.98 Å². The topological polar surface area (TPSA) is 42.4 Å². The zero-order valence-electron chi connectivity index (χ0n) is 9.10. The van der Waals surface area contributed by atoms with Gasteiger partial charge in [0.05, 0.1) is 12.8 Å². The molecule has 0 fully saturated rings. The van der Waals surface area contributed by atoms with Crippen molar-refractivity contribution < 1.29 is 9.53 Å². The molecule has 0 atom stereocenters. The van der Waals surface area contributed by atoms with Crippen LogP contribution in [0.25, 0.3) is 5.57 Å². The molecule has 0 unspecified atom stereocenters. The van der Waals surface area contributed by atoms with Crippen LogP contribution in [0.15, 0.2) is 30.6 Å². The van der Waals surface area contributed by atoms with E-state index < -0.39 is 0 Å². The molecule has 1 aromatic heterocycles. The molecule has 1 heterocycles. The Morgan fingerprint density at radius 1 is 1.47 bits per heavy atom. The van der Waals surface area contributed by atoms with Crippen LogP contribution in [0.3, 0.4) is 0 Å². The first-order chi connectivity index (χ1) is 7.15. The van der Waals surface area contributed by atoms with Gasteiger partial charge in [-0.2, -0.15) is 0 Å². The molecule has 0 aliphatic carbocycles. The molecule has 0 radical (unpaired) electrons. The second-order valence-electron chi connectivity index (χ2n) is 3.21. The first kappa shape index (κ1) is 11.2. The van der Waals surface area contributed by atoms with Crippen LogP contribution in [0.1, 0.15) is 5.69 Å². The molecule has 0 aliphatic rings. The van der Waals surface area contributed by atoms with Crippen LogP contribution in [0.2, 0.25) is 0 Å². The number of carbonyl (C=O) groups is 1.